The topological polar surface area (TPSA) is 78.8 Å². The van der Waals surface area contributed by atoms with Crippen molar-refractivity contribution < 1.29 is 23.1 Å². The van der Waals surface area contributed by atoms with Gasteiger partial charge in [-0.1, -0.05) is 48.5 Å². The van der Waals surface area contributed by atoms with Crippen molar-refractivity contribution in [2.24, 2.45) is 0 Å². The Hall–Kier alpha value is -4.85. The number of nitrogens with one attached hydrogen (secondary N) is 1. The van der Waals surface area contributed by atoms with Crippen LogP contribution in [0, 0.1) is 5.82 Å². The molecule has 0 aliphatic heterocycles. The highest BCUT2D eigenvalue weighted by molar-refractivity contribution is 5.94. The van der Waals surface area contributed by atoms with Crippen molar-refractivity contribution in [3.8, 4) is 5.75 Å². The van der Waals surface area contributed by atoms with Crippen LogP contribution in [0.1, 0.15) is 27.2 Å². The number of benzene rings is 3. The van der Waals surface area contributed by atoms with Gasteiger partial charge in [-0.3, -0.25) is 9.59 Å². The van der Waals surface area contributed by atoms with E-state index in [1.54, 1.807) is 36.3 Å². The molecular weight excluding hydrogens is 509 g/mol. The lowest BCUT2D eigenvalue weighted by atomic mass is 10.1. The molecule has 0 atom stereocenters. The summed E-state index contributed by atoms with van der Waals surface area (Å²) in [5.41, 5.74) is 3.70. The quantitative estimate of drug-likeness (QED) is 0.229. The Kier molecular flexibility index (Phi) is 8.25. The summed E-state index contributed by atoms with van der Waals surface area (Å²) in [6.45, 7) is 0.680. The number of para-hydroxylation sites is 2. The van der Waals surface area contributed by atoms with E-state index in [4.69, 9.17) is 9.15 Å². The van der Waals surface area contributed by atoms with Crippen LogP contribution in [-0.2, 0) is 24.3 Å². The third-order valence-corrected chi connectivity index (χ3v) is 6.86. The number of aromatic amines is 1. The zero-order chi connectivity index (χ0) is 27.9. The van der Waals surface area contributed by atoms with Gasteiger partial charge in [-0.15, -0.1) is 0 Å². The lowest BCUT2D eigenvalue weighted by Crippen LogP contribution is -2.43. The van der Waals surface area contributed by atoms with Gasteiger partial charge in [0.05, 0.1) is 13.4 Å². The zero-order valence-electron chi connectivity index (χ0n) is 22.2. The predicted octanol–water partition coefficient (Wildman–Crippen LogP) is 5.82. The van der Waals surface area contributed by atoms with Crippen molar-refractivity contribution in [2.45, 2.75) is 19.5 Å². The number of carbonyl (C=O) groups is 2. The van der Waals surface area contributed by atoms with E-state index in [2.05, 4.69) is 11.1 Å². The Morgan fingerprint density at radius 2 is 1.65 bits per heavy atom. The first kappa shape index (κ1) is 26.7. The minimum absolute atomic E-state index is 0.122. The highest BCUT2D eigenvalue weighted by Crippen LogP contribution is 2.22. The molecule has 2 aromatic heterocycles. The van der Waals surface area contributed by atoms with Crippen LogP contribution in [0.3, 0.4) is 0 Å². The van der Waals surface area contributed by atoms with E-state index < -0.39 is 5.91 Å². The molecule has 0 aliphatic rings. The zero-order valence-corrected chi connectivity index (χ0v) is 22.2. The second kappa shape index (κ2) is 12.3. The number of fused-ring (bicyclic) bond motifs is 1. The highest BCUT2D eigenvalue weighted by Gasteiger charge is 2.25. The van der Waals surface area contributed by atoms with Crippen molar-refractivity contribution in [1.82, 2.24) is 14.8 Å². The minimum atomic E-state index is -0.420. The average Bonchev–Trinajstić information content (AvgIpc) is 3.66. The third-order valence-electron chi connectivity index (χ3n) is 6.86. The third kappa shape index (κ3) is 6.23. The molecule has 0 bridgehead atoms. The Morgan fingerprint density at radius 1 is 0.875 bits per heavy atom. The number of aromatic nitrogens is 1. The molecule has 2 amide bonds. The summed E-state index contributed by atoms with van der Waals surface area (Å²) < 4.78 is 24.4. The predicted molar refractivity (Wildman–Crippen MR) is 150 cm³/mol. The SMILES string of the molecule is COc1ccccc1CN(CCc1c[nH]c2ccccc12)C(=O)CN(Cc1ccc(F)cc1)C(=O)c1ccco1. The van der Waals surface area contributed by atoms with Gasteiger partial charge < -0.3 is 23.9 Å². The monoisotopic (exact) mass is 539 g/mol. The standard InChI is InChI=1S/C32H30FN3O4/c1-39-29-10-5-2-7-25(29)21-35(17-16-24-19-34-28-9-4-3-8-27(24)28)31(37)22-36(32(38)30-11-6-18-40-30)20-23-12-14-26(33)15-13-23/h2-15,18-19,34H,16-17,20-22H2,1H3. The average molecular weight is 540 g/mol. The smallest absolute Gasteiger partial charge is 0.290 e. The molecule has 0 unspecified atom stereocenters. The Labute approximate surface area is 231 Å². The van der Waals surface area contributed by atoms with Crippen LogP contribution in [0.4, 0.5) is 4.39 Å². The second-order valence-corrected chi connectivity index (χ2v) is 9.50. The molecule has 0 radical (unpaired) electrons. The summed E-state index contributed by atoms with van der Waals surface area (Å²) in [6, 6.07) is 24.7. The maximum absolute atomic E-state index is 13.9. The van der Waals surface area contributed by atoms with E-state index >= 15 is 0 Å². The summed E-state index contributed by atoms with van der Waals surface area (Å²) >= 11 is 0. The fraction of sp³-hybridized carbons (Fsp3) is 0.188. The molecule has 0 aliphatic carbocycles. The van der Waals surface area contributed by atoms with Crippen LogP contribution in [0.2, 0.25) is 0 Å². The van der Waals surface area contributed by atoms with Crippen molar-refractivity contribution in [2.75, 3.05) is 20.2 Å². The molecule has 7 nitrogen and oxygen atoms in total. The fourth-order valence-electron chi connectivity index (χ4n) is 4.75. The molecule has 0 fully saturated rings. The number of amides is 2. The molecule has 204 valence electrons. The molecule has 0 spiro atoms. The van der Waals surface area contributed by atoms with Crippen LogP contribution < -0.4 is 4.74 Å². The maximum atomic E-state index is 13.9. The summed E-state index contributed by atoms with van der Waals surface area (Å²) in [5, 5.41) is 1.11. The molecule has 5 rings (SSSR count). The number of carbonyl (C=O) groups excluding carboxylic acids is 2. The lowest BCUT2D eigenvalue weighted by molar-refractivity contribution is -0.132. The molecule has 0 saturated heterocycles. The summed E-state index contributed by atoms with van der Waals surface area (Å²) in [4.78, 5) is 33.7. The van der Waals surface area contributed by atoms with Gasteiger partial charge in [0.1, 0.15) is 18.1 Å². The van der Waals surface area contributed by atoms with Gasteiger partial charge in [0.2, 0.25) is 5.91 Å². The van der Waals surface area contributed by atoms with Gasteiger partial charge in [-0.25, -0.2) is 4.39 Å². The van der Waals surface area contributed by atoms with E-state index in [9.17, 15) is 14.0 Å². The Morgan fingerprint density at radius 3 is 2.42 bits per heavy atom. The normalized spacial score (nSPS) is 10.9. The van der Waals surface area contributed by atoms with Crippen molar-refractivity contribution in [3.63, 3.8) is 0 Å². The van der Waals surface area contributed by atoms with E-state index in [1.807, 2.05) is 48.7 Å². The van der Waals surface area contributed by atoms with E-state index in [-0.39, 0.29) is 30.6 Å². The van der Waals surface area contributed by atoms with Crippen LogP contribution >= 0.6 is 0 Å². The van der Waals surface area contributed by atoms with Gasteiger partial charge in [0.25, 0.3) is 5.91 Å². The molecule has 1 N–H and O–H groups in total. The largest absolute Gasteiger partial charge is 0.496 e. The number of hydrogen-bond donors (Lipinski definition) is 1. The van der Waals surface area contributed by atoms with Crippen LogP contribution in [0.15, 0.2) is 102 Å². The molecule has 3 aromatic carbocycles. The number of ether oxygens (including phenoxy) is 1. The highest BCUT2D eigenvalue weighted by atomic mass is 19.1. The first-order valence-corrected chi connectivity index (χ1v) is 13.0. The number of furan rings is 1. The number of H-pyrrole nitrogens is 1. The number of methoxy groups -OCH3 is 1. The minimum Gasteiger partial charge on any atom is -0.496 e. The van der Waals surface area contributed by atoms with Crippen LogP contribution in [0.5, 0.6) is 5.75 Å². The molecule has 40 heavy (non-hydrogen) atoms. The van der Waals surface area contributed by atoms with Crippen molar-refractivity contribution in [1.29, 1.82) is 0 Å². The lowest BCUT2D eigenvalue weighted by Gasteiger charge is -2.28. The molecule has 8 heteroatoms. The van der Waals surface area contributed by atoms with Crippen molar-refractivity contribution >= 4 is 22.7 Å². The molecule has 2 heterocycles. The maximum Gasteiger partial charge on any atom is 0.290 e. The Balaban J connectivity index is 1.40. The summed E-state index contributed by atoms with van der Waals surface area (Å²) in [7, 11) is 1.60. The van der Waals surface area contributed by atoms with Crippen LogP contribution in [0.25, 0.3) is 10.9 Å². The second-order valence-electron chi connectivity index (χ2n) is 9.50. The number of nitrogens with zero attached hydrogens (tertiary/aromatic N) is 2. The van der Waals surface area contributed by atoms with E-state index in [1.165, 1.54) is 23.3 Å². The first-order chi connectivity index (χ1) is 19.5. The number of halogens is 1. The van der Waals surface area contributed by atoms with Gasteiger partial charge in [-0.05, 0) is 53.9 Å². The number of hydrogen-bond acceptors (Lipinski definition) is 4. The summed E-state index contributed by atoms with van der Waals surface area (Å²) in [6.07, 6.45) is 4.01. The Bertz CT molecular complexity index is 1580. The summed E-state index contributed by atoms with van der Waals surface area (Å²) in [5.74, 6) is -0.208. The molecular formula is C32H30FN3O4. The van der Waals surface area contributed by atoms with E-state index in [0.717, 1.165) is 22.0 Å². The van der Waals surface area contributed by atoms with E-state index in [0.29, 0.717) is 30.8 Å². The van der Waals surface area contributed by atoms with Gasteiger partial charge >= 0.3 is 0 Å². The van der Waals surface area contributed by atoms with Crippen LogP contribution in [-0.4, -0.2) is 46.8 Å². The first-order valence-electron chi connectivity index (χ1n) is 13.0. The fourth-order valence-corrected chi connectivity index (χ4v) is 4.75. The van der Waals surface area contributed by atoms with Gasteiger partial charge in [-0.2, -0.15) is 0 Å². The van der Waals surface area contributed by atoms with Crippen molar-refractivity contribution in [3.05, 3.63) is 126 Å². The van der Waals surface area contributed by atoms with Gasteiger partial charge in [0, 0.05) is 42.3 Å². The molecule has 5 aromatic rings. The van der Waals surface area contributed by atoms with Gasteiger partial charge in [0.15, 0.2) is 5.76 Å². The molecule has 0 saturated carbocycles. The number of rotatable bonds is 11.